The Morgan fingerprint density at radius 1 is 1.00 bits per heavy atom. The second kappa shape index (κ2) is 5.27. The van der Waals surface area contributed by atoms with E-state index in [1.807, 2.05) is 30.3 Å². The van der Waals surface area contributed by atoms with Gasteiger partial charge in [0.15, 0.2) is 0 Å². The lowest BCUT2D eigenvalue weighted by molar-refractivity contribution is 0.547. The van der Waals surface area contributed by atoms with Gasteiger partial charge < -0.3 is 5.32 Å². The van der Waals surface area contributed by atoms with Gasteiger partial charge in [-0.3, -0.25) is 0 Å². The quantitative estimate of drug-likeness (QED) is 0.874. The zero-order valence-electron chi connectivity index (χ0n) is 10.4. The SMILES string of the molecule is CNC(c1ccccc1)c1cc(C)c(F)cc1F. The van der Waals surface area contributed by atoms with Crippen LogP contribution < -0.4 is 5.32 Å². The molecule has 0 aromatic heterocycles. The molecule has 0 aliphatic heterocycles. The molecule has 0 bridgehead atoms. The van der Waals surface area contributed by atoms with Crippen LogP contribution in [0.1, 0.15) is 22.7 Å². The molecule has 1 N–H and O–H groups in total. The van der Waals surface area contributed by atoms with E-state index in [-0.39, 0.29) is 6.04 Å². The molecule has 2 aromatic carbocycles. The van der Waals surface area contributed by atoms with Crippen LogP contribution in [-0.4, -0.2) is 7.05 Å². The van der Waals surface area contributed by atoms with E-state index in [0.717, 1.165) is 11.6 Å². The molecule has 1 atom stereocenters. The summed E-state index contributed by atoms with van der Waals surface area (Å²) in [6.07, 6.45) is 0. The normalized spacial score (nSPS) is 12.4. The van der Waals surface area contributed by atoms with Crippen molar-refractivity contribution in [2.75, 3.05) is 7.05 Å². The molecule has 2 aromatic rings. The zero-order valence-corrected chi connectivity index (χ0v) is 10.4. The van der Waals surface area contributed by atoms with Gasteiger partial charge in [0.2, 0.25) is 0 Å². The lowest BCUT2D eigenvalue weighted by atomic mass is 9.97. The summed E-state index contributed by atoms with van der Waals surface area (Å²) in [7, 11) is 1.76. The fourth-order valence-corrected chi connectivity index (χ4v) is 2.05. The van der Waals surface area contributed by atoms with Crippen LogP contribution >= 0.6 is 0 Å². The molecule has 1 unspecified atom stereocenters. The van der Waals surface area contributed by atoms with Crippen molar-refractivity contribution in [3.05, 3.63) is 70.8 Å². The summed E-state index contributed by atoms with van der Waals surface area (Å²) in [4.78, 5) is 0. The molecular formula is C15H15F2N. The van der Waals surface area contributed by atoms with Crippen LogP contribution in [0.4, 0.5) is 8.78 Å². The Hall–Kier alpha value is -1.74. The first-order valence-corrected chi connectivity index (χ1v) is 5.81. The van der Waals surface area contributed by atoms with Gasteiger partial charge in [-0.25, -0.2) is 8.78 Å². The molecule has 0 saturated carbocycles. The Kier molecular flexibility index (Phi) is 3.72. The molecule has 0 aliphatic carbocycles. The summed E-state index contributed by atoms with van der Waals surface area (Å²) in [6, 6.07) is 11.8. The highest BCUT2D eigenvalue weighted by Gasteiger charge is 2.17. The summed E-state index contributed by atoms with van der Waals surface area (Å²) in [6.45, 7) is 1.63. The van der Waals surface area contributed by atoms with Crippen LogP contribution in [0.3, 0.4) is 0 Å². The largest absolute Gasteiger partial charge is 0.309 e. The van der Waals surface area contributed by atoms with Crippen LogP contribution in [0.15, 0.2) is 42.5 Å². The summed E-state index contributed by atoms with van der Waals surface area (Å²) in [5.41, 5.74) is 1.86. The molecule has 3 heteroatoms. The molecule has 0 amide bonds. The number of rotatable bonds is 3. The van der Waals surface area contributed by atoms with E-state index >= 15 is 0 Å². The minimum Gasteiger partial charge on any atom is -0.309 e. The maximum absolute atomic E-state index is 13.9. The highest BCUT2D eigenvalue weighted by atomic mass is 19.1. The van der Waals surface area contributed by atoms with Gasteiger partial charge in [0, 0.05) is 11.6 Å². The van der Waals surface area contributed by atoms with E-state index < -0.39 is 11.6 Å². The summed E-state index contributed by atoms with van der Waals surface area (Å²) in [5, 5.41) is 3.06. The second-order valence-electron chi connectivity index (χ2n) is 4.26. The maximum atomic E-state index is 13.9. The predicted octanol–water partition coefficient (Wildman–Crippen LogP) is 3.58. The number of nitrogens with one attached hydrogen (secondary N) is 1. The van der Waals surface area contributed by atoms with Gasteiger partial charge in [0.1, 0.15) is 11.6 Å². The van der Waals surface area contributed by atoms with E-state index in [0.29, 0.717) is 11.1 Å². The molecular weight excluding hydrogens is 232 g/mol. The molecule has 0 fully saturated rings. The van der Waals surface area contributed by atoms with Crippen molar-refractivity contribution >= 4 is 0 Å². The van der Waals surface area contributed by atoms with E-state index in [9.17, 15) is 8.78 Å². The zero-order chi connectivity index (χ0) is 13.1. The van der Waals surface area contributed by atoms with E-state index in [1.165, 1.54) is 0 Å². The highest BCUT2D eigenvalue weighted by Crippen LogP contribution is 2.26. The fourth-order valence-electron chi connectivity index (χ4n) is 2.05. The lowest BCUT2D eigenvalue weighted by Gasteiger charge is -2.18. The first kappa shape index (κ1) is 12.7. The lowest BCUT2D eigenvalue weighted by Crippen LogP contribution is -2.19. The fraction of sp³-hybridized carbons (Fsp3) is 0.200. The third kappa shape index (κ3) is 2.41. The van der Waals surface area contributed by atoms with Crippen LogP contribution in [0, 0.1) is 18.6 Å². The predicted molar refractivity (Wildman–Crippen MR) is 68.4 cm³/mol. The number of aryl methyl sites for hydroxylation is 1. The number of hydrogen-bond acceptors (Lipinski definition) is 1. The topological polar surface area (TPSA) is 12.0 Å². The summed E-state index contributed by atoms with van der Waals surface area (Å²) < 4.78 is 27.1. The second-order valence-corrected chi connectivity index (χ2v) is 4.26. The van der Waals surface area contributed by atoms with Crippen molar-refractivity contribution in [1.29, 1.82) is 0 Å². The maximum Gasteiger partial charge on any atom is 0.131 e. The number of halogens is 2. The molecule has 0 aliphatic rings. The van der Waals surface area contributed by atoms with Crippen molar-refractivity contribution in [1.82, 2.24) is 5.32 Å². The van der Waals surface area contributed by atoms with Crippen LogP contribution in [-0.2, 0) is 0 Å². The van der Waals surface area contributed by atoms with Gasteiger partial charge >= 0.3 is 0 Å². The van der Waals surface area contributed by atoms with Crippen molar-refractivity contribution in [3.63, 3.8) is 0 Å². The van der Waals surface area contributed by atoms with Gasteiger partial charge in [0.25, 0.3) is 0 Å². The first-order valence-electron chi connectivity index (χ1n) is 5.81. The highest BCUT2D eigenvalue weighted by molar-refractivity contribution is 5.35. The third-order valence-corrected chi connectivity index (χ3v) is 3.01. The Balaban J connectivity index is 2.49. The molecule has 0 saturated heterocycles. The monoisotopic (exact) mass is 247 g/mol. The molecule has 0 heterocycles. The van der Waals surface area contributed by atoms with Crippen LogP contribution in [0.5, 0.6) is 0 Å². The average molecular weight is 247 g/mol. The molecule has 0 spiro atoms. The Labute approximate surface area is 105 Å². The third-order valence-electron chi connectivity index (χ3n) is 3.01. The van der Waals surface area contributed by atoms with Crippen LogP contribution in [0.25, 0.3) is 0 Å². The summed E-state index contributed by atoms with van der Waals surface area (Å²) in [5.74, 6) is -1.04. The van der Waals surface area contributed by atoms with E-state index in [4.69, 9.17) is 0 Å². The van der Waals surface area contributed by atoms with Gasteiger partial charge in [-0.2, -0.15) is 0 Å². The first-order chi connectivity index (χ1) is 8.63. The molecule has 2 rings (SSSR count). The minimum atomic E-state index is -0.527. The molecule has 94 valence electrons. The van der Waals surface area contributed by atoms with Crippen molar-refractivity contribution in [2.24, 2.45) is 0 Å². The van der Waals surface area contributed by atoms with Gasteiger partial charge in [-0.15, -0.1) is 0 Å². The Morgan fingerprint density at radius 3 is 2.28 bits per heavy atom. The van der Waals surface area contributed by atoms with Crippen molar-refractivity contribution in [2.45, 2.75) is 13.0 Å². The smallest absolute Gasteiger partial charge is 0.131 e. The molecule has 1 nitrogen and oxygen atoms in total. The van der Waals surface area contributed by atoms with E-state index in [2.05, 4.69) is 5.32 Å². The number of benzene rings is 2. The summed E-state index contributed by atoms with van der Waals surface area (Å²) >= 11 is 0. The minimum absolute atomic E-state index is 0.273. The number of hydrogen-bond donors (Lipinski definition) is 1. The van der Waals surface area contributed by atoms with E-state index in [1.54, 1.807) is 20.0 Å². The van der Waals surface area contributed by atoms with Crippen LogP contribution in [0.2, 0.25) is 0 Å². The van der Waals surface area contributed by atoms with Gasteiger partial charge in [0.05, 0.1) is 6.04 Å². The average Bonchev–Trinajstić information content (AvgIpc) is 2.38. The van der Waals surface area contributed by atoms with Gasteiger partial charge in [-0.05, 0) is 31.2 Å². The van der Waals surface area contributed by atoms with Gasteiger partial charge in [-0.1, -0.05) is 30.3 Å². The van der Waals surface area contributed by atoms with Crippen molar-refractivity contribution in [3.8, 4) is 0 Å². The standard InChI is InChI=1S/C15H15F2N/c1-10-8-12(14(17)9-13(10)16)15(18-2)11-6-4-3-5-7-11/h3-9,15,18H,1-2H3. The molecule has 18 heavy (non-hydrogen) atoms. The Morgan fingerprint density at radius 2 is 1.67 bits per heavy atom. The Bertz CT molecular complexity index is 538. The van der Waals surface area contributed by atoms with Crippen molar-refractivity contribution < 1.29 is 8.78 Å². The molecule has 0 radical (unpaired) electrons.